The van der Waals surface area contributed by atoms with Gasteiger partial charge >= 0.3 is 18.0 Å². The number of hydrogen-bond acceptors (Lipinski definition) is 6. The predicted octanol–water partition coefficient (Wildman–Crippen LogP) is 1.74. The summed E-state index contributed by atoms with van der Waals surface area (Å²) < 4.78 is 10.1. The normalized spacial score (nSPS) is 20.6. The van der Waals surface area contributed by atoms with E-state index in [0.717, 1.165) is 5.56 Å². The first-order valence-corrected chi connectivity index (χ1v) is 9.86. The Hall–Kier alpha value is -2.87. The van der Waals surface area contributed by atoms with Gasteiger partial charge in [-0.2, -0.15) is 0 Å². The van der Waals surface area contributed by atoms with Gasteiger partial charge in [-0.25, -0.2) is 9.59 Å². The number of rotatable bonds is 6. The SMILES string of the molecule is CCOC(=O)C1CCN(CC2=C(C(=O)OC)[C@H](c3ccccc3)NC(=O)N2)CC1. The van der Waals surface area contributed by atoms with E-state index in [1.165, 1.54) is 7.11 Å². The molecular formula is C21H27N3O5. The van der Waals surface area contributed by atoms with Crippen molar-refractivity contribution >= 4 is 18.0 Å². The third kappa shape index (κ3) is 4.95. The summed E-state index contributed by atoms with van der Waals surface area (Å²) in [6, 6.07) is 8.38. The van der Waals surface area contributed by atoms with E-state index < -0.39 is 12.0 Å². The van der Waals surface area contributed by atoms with Gasteiger partial charge in [0.05, 0.1) is 31.2 Å². The third-order valence-corrected chi connectivity index (χ3v) is 5.28. The fourth-order valence-corrected chi connectivity index (χ4v) is 3.80. The highest BCUT2D eigenvalue weighted by atomic mass is 16.5. The zero-order valence-corrected chi connectivity index (χ0v) is 16.8. The van der Waals surface area contributed by atoms with E-state index in [0.29, 0.717) is 50.4 Å². The molecule has 8 heteroatoms. The van der Waals surface area contributed by atoms with Gasteiger partial charge in [-0.3, -0.25) is 9.69 Å². The van der Waals surface area contributed by atoms with Crippen molar-refractivity contribution in [1.82, 2.24) is 15.5 Å². The molecule has 0 radical (unpaired) electrons. The van der Waals surface area contributed by atoms with Gasteiger partial charge in [0.1, 0.15) is 0 Å². The molecule has 29 heavy (non-hydrogen) atoms. The van der Waals surface area contributed by atoms with Crippen molar-refractivity contribution in [2.45, 2.75) is 25.8 Å². The number of amides is 2. The van der Waals surface area contributed by atoms with Crippen LogP contribution in [-0.2, 0) is 19.1 Å². The Labute approximate surface area is 170 Å². The van der Waals surface area contributed by atoms with Crippen molar-refractivity contribution in [2.24, 2.45) is 5.92 Å². The van der Waals surface area contributed by atoms with Gasteiger partial charge in [-0.05, 0) is 38.4 Å². The molecule has 2 amide bonds. The number of ether oxygens (including phenoxy) is 2. The second-order valence-electron chi connectivity index (χ2n) is 7.13. The highest BCUT2D eigenvalue weighted by Gasteiger charge is 2.35. The Morgan fingerprint density at radius 1 is 1.17 bits per heavy atom. The van der Waals surface area contributed by atoms with Gasteiger partial charge in [0.2, 0.25) is 0 Å². The number of hydrogen-bond donors (Lipinski definition) is 2. The van der Waals surface area contributed by atoms with Crippen LogP contribution in [0, 0.1) is 5.92 Å². The van der Waals surface area contributed by atoms with Crippen LogP contribution in [0.3, 0.4) is 0 Å². The number of nitrogens with one attached hydrogen (secondary N) is 2. The minimum absolute atomic E-state index is 0.0973. The summed E-state index contributed by atoms with van der Waals surface area (Å²) in [7, 11) is 1.33. The Bertz CT molecular complexity index is 785. The molecule has 2 aliphatic rings. The van der Waals surface area contributed by atoms with E-state index in [1.807, 2.05) is 30.3 Å². The lowest BCUT2D eigenvalue weighted by Crippen LogP contribution is -2.49. The molecule has 1 fully saturated rings. The number of piperidine rings is 1. The van der Waals surface area contributed by atoms with Crippen LogP contribution < -0.4 is 10.6 Å². The highest BCUT2D eigenvalue weighted by Crippen LogP contribution is 2.28. The zero-order valence-electron chi connectivity index (χ0n) is 16.8. The number of esters is 2. The second-order valence-corrected chi connectivity index (χ2v) is 7.13. The molecule has 8 nitrogen and oxygen atoms in total. The van der Waals surface area contributed by atoms with Crippen molar-refractivity contribution in [1.29, 1.82) is 0 Å². The maximum Gasteiger partial charge on any atom is 0.338 e. The lowest BCUT2D eigenvalue weighted by atomic mass is 9.93. The number of nitrogens with zero attached hydrogens (tertiary/aromatic N) is 1. The summed E-state index contributed by atoms with van der Waals surface area (Å²) in [6.07, 6.45) is 1.38. The number of urea groups is 1. The molecule has 0 aromatic heterocycles. The maximum absolute atomic E-state index is 12.6. The molecule has 0 saturated carbocycles. The molecule has 0 spiro atoms. The summed E-state index contributed by atoms with van der Waals surface area (Å²) >= 11 is 0. The first kappa shape index (κ1) is 20.9. The van der Waals surface area contributed by atoms with E-state index in [1.54, 1.807) is 6.92 Å². The number of benzene rings is 1. The Balaban J connectivity index is 1.79. The molecule has 1 atom stereocenters. The van der Waals surface area contributed by atoms with Crippen molar-refractivity contribution in [3.63, 3.8) is 0 Å². The van der Waals surface area contributed by atoms with Crippen LogP contribution in [0.1, 0.15) is 31.4 Å². The Morgan fingerprint density at radius 2 is 1.86 bits per heavy atom. The molecule has 3 rings (SSSR count). The van der Waals surface area contributed by atoms with Crippen LogP contribution in [-0.4, -0.2) is 56.2 Å². The van der Waals surface area contributed by atoms with Crippen molar-refractivity contribution in [3.05, 3.63) is 47.2 Å². The van der Waals surface area contributed by atoms with Gasteiger partial charge in [0, 0.05) is 12.2 Å². The lowest BCUT2D eigenvalue weighted by molar-refractivity contribution is -0.149. The minimum atomic E-state index is -0.579. The molecule has 156 valence electrons. The lowest BCUT2D eigenvalue weighted by Gasteiger charge is -2.34. The van der Waals surface area contributed by atoms with Crippen LogP contribution in [0.25, 0.3) is 0 Å². The van der Waals surface area contributed by atoms with Gasteiger partial charge in [0.25, 0.3) is 0 Å². The topological polar surface area (TPSA) is 97.0 Å². The van der Waals surface area contributed by atoms with Crippen LogP contribution in [0.5, 0.6) is 0 Å². The summed E-state index contributed by atoms with van der Waals surface area (Å²) in [4.78, 5) is 38.9. The molecular weight excluding hydrogens is 374 g/mol. The summed E-state index contributed by atoms with van der Waals surface area (Å²) in [5.74, 6) is -0.733. The predicted molar refractivity (Wildman–Crippen MR) is 106 cm³/mol. The minimum Gasteiger partial charge on any atom is -0.466 e. The van der Waals surface area contributed by atoms with Crippen LogP contribution in [0.15, 0.2) is 41.6 Å². The summed E-state index contributed by atoms with van der Waals surface area (Å²) in [6.45, 7) is 3.95. The molecule has 0 unspecified atom stereocenters. The molecule has 2 heterocycles. The molecule has 0 bridgehead atoms. The number of methoxy groups -OCH3 is 1. The van der Waals surface area contributed by atoms with Crippen molar-refractivity contribution < 1.29 is 23.9 Å². The van der Waals surface area contributed by atoms with Crippen LogP contribution in [0.4, 0.5) is 4.79 Å². The van der Waals surface area contributed by atoms with E-state index in [2.05, 4.69) is 15.5 Å². The van der Waals surface area contributed by atoms with Crippen molar-refractivity contribution in [2.75, 3.05) is 33.4 Å². The van der Waals surface area contributed by atoms with E-state index in [4.69, 9.17) is 9.47 Å². The quantitative estimate of drug-likeness (QED) is 0.705. The fourth-order valence-electron chi connectivity index (χ4n) is 3.80. The Kier molecular flexibility index (Phi) is 6.87. The largest absolute Gasteiger partial charge is 0.466 e. The molecule has 1 aromatic carbocycles. The first-order chi connectivity index (χ1) is 14.0. The number of carbonyl (C=O) groups is 3. The average molecular weight is 401 g/mol. The van der Waals surface area contributed by atoms with Gasteiger partial charge in [-0.15, -0.1) is 0 Å². The summed E-state index contributed by atoms with van der Waals surface area (Å²) in [5, 5.41) is 5.59. The van der Waals surface area contributed by atoms with Gasteiger partial charge in [0.15, 0.2) is 0 Å². The molecule has 0 aliphatic carbocycles. The highest BCUT2D eigenvalue weighted by molar-refractivity contribution is 5.95. The van der Waals surface area contributed by atoms with Gasteiger partial charge in [-0.1, -0.05) is 30.3 Å². The first-order valence-electron chi connectivity index (χ1n) is 9.86. The van der Waals surface area contributed by atoms with Crippen molar-refractivity contribution in [3.8, 4) is 0 Å². The number of likely N-dealkylation sites (tertiary alicyclic amines) is 1. The van der Waals surface area contributed by atoms with Crippen LogP contribution in [0.2, 0.25) is 0 Å². The average Bonchev–Trinajstić information content (AvgIpc) is 2.74. The molecule has 1 aromatic rings. The maximum atomic E-state index is 12.6. The van der Waals surface area contributed by atoms with E-state index in [9.17, 15) is 14.4 Å². The Morgan fingerprint density at radius 3 is 2.48 bits per heavy atom. The molecule has 2 N–H and O–H groups in total. The third-order valence-electron chi connectivity index (χ3n) is 5.28. The molecule has 2 aliphatic heterocycles. The fraction of sp³-hybridized carbons (Fsp3) is 0.476. The standard InChI is InChI=1S/C21H27N3O5/c1-3-29-19(25)15-9-11-24(12-10-15)13-16-17(20(26)28-2)18(23-21(27)22-16)14-7-5-4-6-8-14/h4-8,15,18H,3,9-13H2,1-2H3,(H2,22,23,27)/t18-/m0/s1. The van der Waals surface area contributed by atoms with E-state index in [-0.39, 0.29) is 17.9 Å². The summed E-state index contributed by atoms with van der Waals surface area (Å²) in [5.41, 5.74) is 1.73. The molecule has 1 saturated heterocycles. The van der Waals surface area contributed by atoms with Gasteiger partial charge < -0.3 is 20.1 Å². The monoisotopic (exact) mass is 401 g/mol. The smallest absolute Gasteiger partial charge is 0.338 e. The second kappa shape index (κ2) is 9.56. The van der Waals surface area contributed by atoms with E-state index >= 15 is 0 Å². The van der Waals surface area contributed by atoms with Crippen LogP contribution >= 0.6 is 0 Å². The zero-order chi connectivity index (χ0) is 20.8. The number of carbonyl (C=O) groups excluding carboxylic acids is 3.